The highest BCUT2D eigenvalue weighted by Gasteiger charge is 2.17. The smallest absolute Gasteiger partial charge is 0.267 e. The zero-order valence-corrected chi connectivity index (χ0v) is 13.0. The summed E-state index contributed by atoms with van der Waals surface area (Å²) in [6.45, 7) is 0. The number of nitrogens with zero attached hydrogens (tertiary/aromatic N) is 1. The molecule has 0 aliphatic rings. The van der Waals surface area contributed by atoms with Crippen molar-refractivity contribution in [3.63, 3.8) is 0 Å². The fourth-order valence-corrected chi connectivity index (χ4v) is 3.26. The van der Waals surface area contributed by atoms with Crippen molar-refractivity contribution < 1.29 is 9.18 Å². The van der Waals surface area contributed by atoms with Crippen LogP contribution in [0.4, 0.5) is 15.8 Å². The molecule has 0 atom stereocenters. The van der Waals surface area contributed by atoms with Crippen LogP contribution in [0.3, 0.4) is 0 Å². The van der Waals surface area contributed by atoms with E-state index in [0.717, 1.165) is 10.1 Å². The first-order valence-corrected chi connectivity index (χ1v) is 7.55. The minimum atomic E-state index is -0.507. The first-order chi connectivity index (χ1) is 10.1. The number of anilines is 2. The van der Waals surface area contributed by atoms with E-state index in [1.807, 2.05) is 0 Å². The van der Waals surface area contributed by atoms with Gasteiger partial charge in [0.25, 0.3) is 5.91 Å². The molecular formula is C14H9BrFN3OS. The maximum absolute atomic E-state index is 13.7. The van der Waals surface area contributed by atoms with Crippen LogP contribution < -0.4 is 11.1 Å². The van der Waals surface area contributed by atoms with Gasteiger partial charge >= 0.3 is 0 Å². The third-order valence-corrected chi connectivity index (χ3v) is 4.56. The van der Waals surface area contributed by atoms with Crippen LogP contribution in [0, 0.1) is 5.82 Å². The molecule has 0 saturated heterocycles. The lowest BCUT2D eigenvalue weighted by atomic mass is 10.2. The number of nitrogens with two attached hydrogens (primary N) is 1. The highest BCUT2D eigenvalue weighted by atomic mass is 79.9. The standard InChI is InChI=1S/C14H9BrFN3OS/c15-7-1-2-9(16)10(5-7)19-14(20)13-12(17)8-3-4-18-6-11(8)21-13/h1-6H,17H2,(H,19,20). The Morgan fingerprint density at radius 1 is 1.38 bits per heavy atom. The first-order valence-electron chi connectivity index (χ1n) is 5.94. The summed E-state index contributed by atoms with van der Waals surface area (Å²) < 4.78 is 15.2. The van der Waals surface area contributed by atoms with E-state index in [0.29, 0.717) is 15.0 Å². The van der Waals surface area contributed by atoms with Crippen LogP contribution in [0.1, 0.15) is 9.67 Å². The van der Waals surface area contributed by atoms with Gasteiger partial charge in [0.05, 0.1) is 16.1 Å². The van der Waals surface area contributed by atoms with Crippen molar-refractivity contribution in [1.29, 1.82) is 0 Å². The van der Waals surface area contributed by atoms with E-state index in [4.69, 9.17) is 5.73 Å². The van der Waals surface area contributed by atoms with Crippen molar-refractivity contribution in [2.24, 2.45) is 0 Å². The Morgan fingerprint density at radius 2 is 2.19 bits per heavy atom. The van der Waals surface area contributed by atoms with Crippen LogP contribution >= 0.6 is 27.3 Å². The van der Waals surface area contributed by atoms with Crippen molar-refractivity contribution in [1.82, 2.24) is 4.98 Å². The van der Waals surface area contributed by atoms with Crippen molar-refractivity contribution in [2.75, 3.05) is 11.1 Å². The molecule has 0 bridgehead atoms. The maximum atomic E-state index is 13.7. The second-order valence-electron chi connectivity index (χ2n) is 4.29. The van der Waals surface area contributed by atoms with E-state index in [2.05, 4.69) is 26.2 Å². The molecule has 0 aliphatic carbocycles. The molecule has 0 radical (unpaired) electrons. The van der Waals surface area contributed by atoms with E-state index >= 15 is 0 Å². The normalized spacial score (nSPS) is 10.8. The van der Waals surface area contributed by atoms with E-state index in [-0.39, 0.29) is 5.69 Å². The average Bonchev–Trinajstić information content (AvgIpc) is 2.81. The van der Waals surface area contributed by atoms with Gasteiger partial charge < -0.3 is 11.1 Å². The van der Waals surface area contributed by atoms with Crippen molar-refractivity contribution in [3.8, 4) is 0 Å². The SMILES string of the molecule is Nc1c(C(=O)Nc2cc(Br)ccc2F)sc2cnccc12. The Balaban J connectivity index is 1.97. The number of nitrogens with one attached hydrogen (secondary N) is 1. The average molecular weight is 366 g/mol. The predicted octanol–water partition coefficient (Wildman–Crippen LogP) is 4.03. The third-order valence-electron chi connectivity index (χ3n) is 2.91. The number of pyridine rings is 1. The molecule has 0 aliphatic heterocycles. The number of thiophene rings is 1. The lowest BCUT2D eigenvalue weighted by molar-refractivity contribution is 0.103. The van der Waals surface area contributed by atoms with Crippen LogP contribution in [0.25, 0.3) is 10.1 Å². The summed E-state index contributed by atoms with van der Waals surface area (Å²) >= 11 is 4.46. The highest BCUT2D eigenvalue weighted by Crippen LogP contribution is 2.33. The fraction of sp³-hybridized carbons (Fsp3) is 0. The van der Waals surface area contributed by atoms with Crippen LogP contribution in [0.5, 0.6) is 0 Å². The molecule has 2 aromatic heterocycles. The van der Waals surface area contributed by atoms with Gasteiger partial charge in [-0.05, 0) is 24.3 Å². The summed E-state index contributed by atoms with van der Waals surface area (Å²) in [5.41, 5.74) is 6.46. The summed E-state index contributed by atoms with van der Waals surface area (Å²) in [5.74, 6) is -0.946. The number of aromatic nitrogens is 1. The van der Waals surface area contributed by atoms with Gasteiger partial charge in [0.2, 0.25) is 0 Å². The third kappa shape index (κ3) is 2.62. The number of amides is 1. The van der Waals surface area contributed by atoms with Gasteiger partial charge in [0, 0.05) is 22.3 Å². The van der Waals surface area contributed by atoms with Gasteiger partial charge in [-0.25, -0.2) is 4.39 Å². The molecule has 7 heteroatoms. The van der Waals surface area contributed by atoms with Gasteiger partial charge in [0.15, 0.2) is 0 Å². The zero-order valence-electron chi connectivity index (χ0n) is 10.6. The number of nitrogen functional groups attached to an aromatic ring is 1. The lowest BCUT2D eigenvalue weighted by Gasteiger charge is -2.06. The summed E-state index contributed by atoms with van der Waals surface area (Å²) in [4.78, 5) is 16.6. The largest absolute Gasteiger partial charge is 0.397 e. The molecule has 21 heavy (non-hydrogen) atoms. The molecule has 3 aromatic rings. The molecule has 4 nitrogen and oxygen atoms in total. The number of rotatable bonds is 2. The Hall–Kier alpha value is -1.99. The van der Waals surface area contributed by atoms with Crippen LogP contribution in [-0.4, -0.2) is 10.9 Å². The maximum Gasteiger partial charge on any atom is 0.267 e. The second-order valence-corrected chi connectivity index (χ2v) is 6.26. The molecule has 1 amide bonds. The minimum Gasteiger partial charge on any atom is -0.397 e. The molecule has 106 valence electrons. The monoisotopic (exact) mass is 365 g/mol. The highest BCUT2D eigenvalue weighted by molar-refractivity contribution is 9.10. The minimum absolute atomic E-state index is 0.101. The van der Waals surface area contributed by atoms with E-state index in [9.17, 15) is 9.18 Å². The lowest BCUT2D eigenvalue weighted by Crippen LogP contribution is -2.13. The number of fused-ring (bicyclic) bond motifs is 1. The molecule has 1 aromatic carbocycles. The van der Waals surface area contributed by atoms with E-state index in [1.165, 1.54) is 23.5 Å². The zero-order chi connectivity index (χ0) is 15.0. The topological polar surface area (TPSA) is 68.0 Å². The number of benzene rings is 1. The predicted molar refractivity (Wildman–Crippen MR) is 86.1 cm³/mol. The Labute approximate surface area is 131 Å². The molecular weight excluding hydrogens is 357 g/mol. The number of hydrogen-bond donors (Lipinski definition) is 2. The van der Waals surface area contributed by atoms with Gasteiger partial charge in [-0.1, -0.05) is 15.9 Å². The van der Waals surface area contributed by atoms with Crippen LogP contribution in [0.2, 0.25) is 0 Å². The quantitative estimate of drug-likeness (QED) is 0.720. The molecule has 3 N–H and O–H groups in total. The van der Waals surface area contributed by atoms with Crippen LogP contribution in [0.15, 0.2) is 41.1 Å². The van der Waals surface area contributed by atoms with Crippen molar-refractivity contribution in [3.05, 3.63) is 51.8 Å². The Morgan fingerprint density at radius 3 is 2.95 bits per heavy atom. The van der Waals surface area contributed by atoms with Gasteiger partial charge in [-0.15, -0.1) is 11.3 Å². The van der Waals surface area contributed by atoms with Gasteiger partial charge in [-0.3, -0.25) is 9.78 Å². The van der Waals surface area contributed by atoms with Crippen molar-refractivity contribution >= 4 is 54.6 Å². The fourth-order valence-electron chi connectivity index (χ4n) is 1.91. The van der Waals surface area contributed by atoms with Gasteiger partial charge in [-0.2, -0.15) is 0 Å². The molecule has 0 unspecified atom stereocenters. The Kier molecular flexibility index (Phi) is 3.60. The van der Waals surface area contributed by atoms with E-state index < -0.39 is 11.7 Å². The Bertz CT molecular complexity index is 849. The number of halogens is 2. The van der Waals surface area contributed by atoms with Crippen molar-refractivity contribution in [2.45, 2.75) is 0 Å². The molecule has 0 saturated carbocycles. The van der Waals surface area contributed by atoms with Crippen LogP contribution in [-0.2, 0) is 0 Å². The van der Waals surface area contributed by atoms with Gasteiger partial charge in [0.1, 0.15) is 10.7 Å². The molecule has 3 rings (SSSR count). The summed E-state index contributed by atoms with van der Waals surface area (Å²) in [6.07, 6.45) is 3.26. The summed E-state index contributed by atoms with van der Waals surface area (Å²) in [7, 11) is 0. The number of carbonyl (C=O) groups excluding carboxylic acids is 1. The summed E-state index contributed by atoms with van der Waals surface area (Å²) in [6, 6.07) is 6.08. The molecule has 0 fully saturated rings. The second kappa shape index (κ2) is 5.42. The number of carbonyl (C=O) groups is 1. The molecule has 0 spiro atoms. The number of hydrogen-bond acceptors (Lipinski definition) is 4. The summed E-state index contributed by atoms with van der Waals surface area (Å²) in [5, 5.41) is 3.31. The molecule has 2 heterocycles. The first kappa shape index (κ1) is 14.0. The van der Waals surface area contributed by atoms with E-state index in [1.54, 1.807) is 24.5 Å².